The fourth-order valence-corrected chi connectivity index (χ4v) is 2.11. The Balaban J connectivity index is 2.80. The summed E-state index contributed by atoms with van der Waals surface area (Å²) in [5.41, 5.74) is 7.52. The van der Waals surface area contributed by atoms with Crippen LogP contribution >= 0.6 is 11.8 Å². The summed E-state index contributed by atoms with van der Waals surface area (Å²) in [5.74, 6) is -0.409. The first-order valence-corrected chi connectivity index (χ1v) is 6.09. The highest BCUT2D eigenvalue weighted by atomic mass is 32.2. The van der Waals surface area contributed by atoms with E-state index in [1.54, 1.807) is 17.8 Å². The summed E-state index contributed by atoms with van der Waals surface area (Å²) in [5, 5.41) is 0.824. The van der Waals surface area contributed by atoms with Gasteiger partial charge in [0.1, 0.15) is 0 Å². The molecule has 0 radical (unpaired) electrons. The molecule has 0 aliphatic heterocycles. The molecule has 0 fully saturated rings. The van der Waals surface area contributed by atoms with Gasteiger partial charge in [0.05, 0.1) is 11.1 Å². The lowest BCUT2D eigenvalue weighted by Gasteiger charge is -2.06. The van der Waals surface area contributed by atoms with Crippen LogP contribution in [0.2, 0.25) is 0 Å². The number of carbonyl (C=O) groups is 1. The van der Waals surface area contributed by atoms with Crippen LogP contribution in [0.25, 0.3) is 10.9 Å². The molecule has 2 N–H and O–H groups in total. The van der Waals surface area contributed by atoms with Gasteiger partial charge in [-0.3, -0.25) is 9.78 Å². The van der Waals surface area contributed by atoms with Crippen LogP contribution in [0, 0.1) is 6.92 Å². The van der Waals surface area contributed by atoms with E-state index in [-0.39, 0.29) is 0 Å². The molecule has 0 aliphatic rings. The lowest BCUT2D eigenvalue weighted by molar-refractivity contribution is 0.100. The summed E-state index contributed by atoms with van der Waals surface area (Å²) < 4.78 is 0. The largest absolute Gasteiger partial charge is 0.366 e. The molecule has 0 spiro atoms. The van der Waals surface area contributed by atoms with Gasteiger partial charge in [-0.1, -0.05) is 0 Å². The summed E-state index contributed by atoms with van der Waals surface area (Å²) in [6.07, 6.45) is 1.99. The van der Waals surface area contributed by atoms with E-state index in [0.717, 1.165) is 21.5 Å². The van der Waals surface area contributed by atoms with Crippen molar-refractivity contribution in [3.8, 4) is 0 Å². The fourth-order valence-electron chi connectivity index (χ4n) is 1.67. The molecule has 0 unspecified atom stereocenters. The lowest BCUT2D eigenvalue weighted by Crippen LogP contribution is -2.12. The third-order valence-corrected chi connectivity index (χ3v) is 3.13. The second kappa shape index (κ2) is 4.14. The molecule has 0 saturated carbocycles. The average molecular weight is 232 g/mol. The predicted molar refractivity (Wildman–Crippen MR) is 66.8 cm³/mol. The van der Waals surface area contributed by atoms with Crippen molar-refractivity contribution in [1.29, 1.82) is 0 Å². The third-order valence-electron chi connectivity index (χ3n) is 2.41. The summed E-state index contributed by atoms with van der Waals surface area (Å²) >= 11 is 1.63. The minimum Gasteiger partial charge on any atom is -0.366 e. The predicted octanol–water partition coefficient (Wildman–Crippen LogP) is 2.36. The van der Waals surface area contributed by atoms with Crippen molar-refractivity contribution < 1.29 is 4.79 Å². The molecule has 1 amide bonds. The first-order valence-electron chi connectivity index (χ1n) is 4.87. The summed E-state index contributed by atoms with van der Waals surface area (Å²) in [7, 11) is 0. The number of nitrogens with two attached hydrogens (primary N) is 1. The van der Waals surface area contributed by atoms with Gasteiger partial charge in [-0.25, -0.2) is 0 Å². The molecule has 0 bridgehead atoms. The molecule has 2 aromatic rings. The van der Waals surface area contributed by atoms with Crippen molar-refractivity contribution in [2.24, 2.45) is 5.73 Å². The SMILES string of the molecule is CSc1ccc2nc(C)cc(C(N)=O)c2c1. The molecule has 1 aromatic heterocycles. The van der Waals surface area contributed by atoms with Gasteiger partial charge in [-0.05, 0) is 37.4 Å². The van der Waals surface area contributed by atoms with Crippen LogP contribution in [-0.4, -0.2) is 17.1 Å². The van der Waals surface area contributed by atoms with Crippen molar-refractivity contribution in [2.75, 3.05) is 6.26 Å². The van der Waals surface area contributed by atoms with E-state index in [1.165, 1.54) is 0 Å². The van der Waals surface area contributed by atoms with Crippen molar-refractivity contribution in [1.82, 2.24) is 4.98 Å². The number of rotatable bonds is 2. The maximum atomic E-state index is 11.4. The van der Waals surface area contributed by atoms with Crippen LogP contribution in [0.3, 0.4) is 0 Å². The molecule has 3 nitrogen and oxygen atoms in total. The Kier molecular flexibility index (Phi) is 2.83. The Morgan fingerprint density at radius 3 is 2.75 bits per heavy atom. The molecule has 1 heterocycles. The molecular formula is C12H12N2OS. The van der Waals surface area contributed by atoms with Crippen molar-refractivity contribution in [2.45, 2.75) is 11.8 Å². The van der Waals surface area contributed by atoms with E-state index < -0.39 is 5.91 Å². The van der Waals surface area contributed by atoms with Gasteiger partial charge in [0.15, 0.2) is 0 Å². The first kappa shape index (κ1) is 11.0. The number of thioether (sulfide) groups is 1. The van der Waals surface area contributed by atoms with Crippen LogP contribution in [0.1, 0.15) is 16.1 Å². The number of pyridine rings is 1. The van der Waals surface area contributed by atoms with Gasteiger partial charge in [-0.2, -0.15) is 0 Å². The third kappa shape index (κ3) is 1.88. The zero-order valence-corrected chi connectivity index (χ0v) is 9.97. The average Bonchev–Trinajstić information content (AvgIpc) is 2.27. The minimum atomic E-state index is -0.409. The topological polar surface area (TPSA) is 56.0 Å². The van der Waals surface area contributed by atoms with E-state index >= 15 is 0 Å². The molecule has 82 valence electrons. The van der Waals surface area contributed by atoms with Crippen LogP contribution in [-0.2, 0) is 0 Å². The van der Waals surface area contributed by atoms with Gasteiger partial charge in [0.2, 0.25) is 5.91 Å². The molecule has 4 heteroatoms. The number of aryl methyl sites for hydroxylation is 1. The second-order valence-electron chi connectivity index (χ2n) is 3.56. The van der Waals surface area contributed by atoms with Crippen LogP contribution < -0.4 is 5.73 Å². The molecule has 0 saturated heterocycles. The molecule has 0 aliphatic carbocycles. The van der Waals surface area contributed by atoms with Crippen molar-refractivity contribution in [3.63, 3.8) is 0 Å². The van der Waals surface area contributed by atoms with Gasteiger partial charge >= 0.3 is 0 Å². The molecule has 2 rings (SSSR count). The number of aromatic nitrogens is 1. The van der Waals surface area contributed by atoms with Gasteiger partial charge < -0.3 is 5.73 Å². The monoisotopic (exact) mass is 232 g/mol. The normalized spacial score (nSPS) is 10.6. The highest BCUT2D eigenvalue weighted by Crippen LogP contribution is 2.24. The maximum Gasteiger partial charge on any atom is 0.249 e. The highest BCUT2D eigenvalue weighted by molar-refractivity contribution is 7.98. The van der Waals surface area contributed by atoms with Gasteiger partial charge in [0, 0.05) is 16.0 Å². The Hall–Kier alpha value is -1.55. The molecule has 1 aromatic carbocycles. The first-order chi connectivity index (χ1) is 7.61. The zero-order chi connectivity index (χ0) is 11.7. The maximum absolute atomic E-state index is 11.4. The Bertz CT molecular complexity index is 566. The number of benzene rings is 1. The standard InChI is InChI=1S/C12H12N2OS/c1-7-5-10(12(13)15)9-6-8(16-2)3-4-11(9)14-7/h3-6H,1-2H3,(H2,13,15). The Morgan fingerprint density at radius 1 is 1.38 bits per heavy atom. The molecular weight excluding hydrogens is 220 g/mol. The highest BCUT2D eigenvalue weighted by Gasteiger charge is 2.09. The zero-order valence-electron chi connectivity index (χ0n) is 9.15. The number of nitrogens with zero attached hydrogens (tertiary/aromatic N) is 1. The van der Waals surface area contributed by atoms with Crippen molar-refractivity contribution in [3.05, 3.63) is 35.5 Å². The van der Waals surface area contributed by atoms with E-state index in [4.69, 9.17) is 5.73 Å². The number of carbonyl (C=O) groups excluding carboxylic acids is 1. The smallest absolute Gasteiger partial charge is 0.249 e. The minimum absolute atomic E-state index is 0.409. The molecule has 0 atom stereocenters. The van der Waals surface area contributed by atoms with E-state index in [9.17, 15) is 4.79 Å². The van der Waals surface area contributed by atoms with Gasteiger partial charge in [0.25, 0.3) is 0 Å². The second-order valence-corrected chi connectivity index (χ2v) is 4.44. The number of amides is 1. The summed E-state index contributed by atoms with van der Waals surface area (Å²) in [6, 6.07) is 7.59. The number of hydrogen-bond acceptors (Lipinski definition) is 3. The number of primary amides is 1. The quantitative estimate of drug-likeness (QED) is 0.809. The van der Waals surface area contributed by atoms with Crippen LogP contribution in [0.4, 0.5) is 0 Å². The van der Waals surface area contributed by atoms with Crippen LogP contribution in [0.5, 0.6) is 0 Å². The summed E-state index contributed by atoms with van der Waals surface area (Å²) in [6.45, 7) is 1.86. The van der Waals surface area contributed by atoms with E-state index in [0.29, 0.717) is 5.56 Å². The van der Waals surface area contributed by atoms with Crippen LogP contribution in [0.15, 0.2) is 29.2 Å². The number of hydrogen-bond donors (Lipinski definition) is 1. The van der Waals surface area contributed by atoms with Crippen molar-refractivity contribution >= 4 is 28.6 Å². The number of fused-ring (bicyclic) bond motifs is 1. The Labute approximate surface area is 98.1 Å². The lowest BCUT2D eigenvalue weighted by atomic mass is 10.1. The summed E-state index contributed by atoms with van der Waals surface area (Å²) in [4.78, 5) is 16.8. The van der Waals surface area contributed by atoms with E-state index in [1.807, 2.05) is 31.4 Å². The molecule has 16 heavy (non-hydrogen) atoms. The van der Waals surface area contributed by atoms with E-state index in [2.05, 4.69) is 4.98 Å². The Morgan fingerprint density at radius 2 is 2.12 bits per heavy atom. The van der Waals surface area contributed by atoms with Gasteiger partial charge in [-0.15, -0.1) is 11.8 Å². The fraction of sp³-hybridized carbons (Fsp3) is 0.167.